The third-order valence-corrected chi connectivity index (χ3v) is 4.49. The molecule has 0 N–H and O–H groups in total. The molecule has 1 aromatic carbocycles. The number of ether oxygens (including phenoxy) is 2. The zero-order valence-corrected chi connectivity index (χ0v) is 19.3. The number of benzene rings is 1. The summed E-state index contributed by atoms with van der Waals surface area (Å²) in [6.07, 6.45) is 3.72. The lowest BCUT2D eigenvalue weighted by Gasteiger charge is -2.17. The molecule has 0 aliphatic heterocycles. The Bertz CT molecular complexity index is 1020. The minimum atomic E-state index is -0.156. The normalized spacial score (nSPS) is 11.8. The number of azide groups is 1. The van der Waals surface area contributed by atoms with Crippen molar-refractivity contribution in [2.75, 3.05) is 0 Å². The van der Waals surface area contributed by atoms with Gasteiger partial charge in [0.2, 0.25) is 0 Å². The van der Waals surface area contributed by atoms with Crippen molar-refractivity contribution < 1.29 is 9.47 Å². The molecule has 0 unspecified atom stereocenters. The third kappa shape index (κ3) is 6.21. The lowest BCUT2D eigenvalue weighted by Crippen LogP contribution is -2.22. The molecule has 32 heavy (non-hydrogen) atoms. The van der Waals surface area contributed by atoms with E-state index in [-0.39, 0.29) is 30.8 Å². The first-order valence-electron chi connectivity index (χ1n) is 10.3. The minimum Gasteiger partial charge on any atom is -0.487 e. The van der Waals surface area contributed by atoms with Crippen LogP contribution in [-0.4, -0.2) is 30.0 Å². The van der Waals surface area contributed by atoms with Gasteiger partial charge in [0.15, 0.2) is 0 Å². The summed E-state index contributed by atoms with van der Waals surface area (Å²) >= 11 is 0. The summed E-state index contributed by atoms with van der Waals surface area (Å²) in [6, 6.07) is 5.40. The Labute approximate surface area is 187 Å². The highest BCUT2D eigenvalue weighted by Gasteiger charge is 2.16. The van der Waals surface area contributed by atoms with E-state index in [0.717, 1.165) is 5.56 Å². The van der Waals surface area contributed by atoms with Gasteiger partial charge >= 0.3 is 0 Å². The topological polar surface area (TPSA) is 129 Å². The largest absolute Gasteiger partial charge is 0.487 e. The quantitative estimate of drug-likeness (QED) is 0.291. The lowest BCUT2D eigenvalue weighted by atomic mass is 10.1. The van der Waals surface area contributed by atoms with Crippen molar-refractivity contribution in [3.8, 4) is 11.5 Å². The first kappa shape index (κ1) is 23.1. The maximum atomic E-state index is 8.67. The van der Waals surface area contributed by atoms with Crippen LogP contribution in [0.4, 0.5) is 0 Å². The molecule has 0 radical (unpaired) electrons. The second-order valence-corrected chi connectivity index (χ2v) is 9.43. The average molecular weight is 440 g/mol. The molecule has 170 valence electrons. The summed E-state index contributed by atoms with van der Waals surface area (Å²) in [5.74, 6) is 1.16. The van der Waals surface area contributed by atoms with Crippen LogP contribution >= 0.6 is 0 Å². The molecule has 0 saturated heterocycles. The molecule has 0 aliphatic rings. The van der Waals surface area contributed by atoms with Crippen LogP contribution in [0, 0.1) is 0 Å². The highest BCUT2D eigenvalue weighted by Crippen LogP contribution is 2.25. The predicted octanol–water partition coefficient (Wildman–Crippen LogP) is 4.35. The molecule has 0 atom stereocenters. The predicted molar refractivity (Wildman–Crippen MR) is 118 cm³/mol. The number of nitrogens with zero attached hydrogens (tertiary/aromatic N) is 9. The highest BCUT2D eigenvalue weighted by atomic mass is 16.5. The third-order valence-electron chi connectivity index (χ3n) is 4.49. The van der Waals surface area contributed by atoms with Crippen molar-refractivity contribution in [3.05, 3.63) is 58.0 Å². The van der Waals surface area contributed by atoms with E-state index in [9.17, 15) is 0 Å². The van der Waals surface area contributed by atoms with Crippen LogP contribution in [0.25, 0.3) is 10.4 Å². The lowest BCUT2D eigenvalue weighted by molar-refractivity contribution is 0.284. The van der Waals surface area contributed by atoms with E-state index in [1.54, 1.807) is 15.4 Å². The van der Waals surface area contributed by atoms with Gasteiger partial charge in [0.25, 0.3) is 0 Å². The van der Waals surface area contributed by atoms with Crippen LogP contribution in [0.2, 0.25) is 0 Å². The van der Waals surface area contributed by atoms with Crippen molar-refractivity contribution >= 4 is 0 Å². The second-order valence-electron chi connectivity index (χ2n) is 9.43. The van der Waals surface area contributed by atoms with Gasteiger partial charge in [-0.05, 0) is 64.8 Å². The Morgan fingerprint density at radius 2 is 1.31 bits per heavy atom. The maximum absolute atomic E-state index is 8.67. The van der Waals surface area contributed by atoms with Gasteiger partial charge in [0.05, 0.1) is 30.0 Å². The number of rotatable bonds is 8. The van der Waals surface area contributed by atoms with Gasteiger partial charge < -0.3 is 9.47 Å². The van der Waals surface area contributed by atoms with Gasteiger partial charge in [-0.15, -0.1) is 10.2 Å². The molecule has 0 bridgehead atoms. The molecule has 0 aliphatic carbocycles. The fraction of sp³-hybridized carbons (Fsp3) is 0.524. The molecule has 0 fully saturated rings. The molecular formula is C21H29N9O2. The molecule has 0 saturated carbocycles. The molecule has 11 nitrogen and oxygen atoms in total. The Morgan fingerprint density at radius 1 is 0.844 bits per heavy atom. The first-order chi connectivity index (χ1) is 15.0. The molecular weight excluding hydrogens is 410 g/mol. The van der Waals surface area contributed by atoms with Crippen LogP contribution in [0.5, 0.6) is 11.5 Å². The molecule has 3 aromatic rings. The summed E-state index contributed by atoms with van der Waals surface area (Å²) in [5, 5.41) is 20.3. The van der Waals surface area contributed by atoms with Gasteiger partial charge in [-0.2, -0.15) is 0 Å². The summed E-state index contributed by atoms with van der Waals surface area (Å²) in [7, 11) is 0. The molecule has 2 aromatic heterocycles. The summed E-state index contributed by atoms with van der Waals surface area (Å²) in [4.78, 5) is 2.83. The minimum absolute atomic E-state index is 0.156. The average Bonchev–Trinajstić information content (AvgIpc) is 3.38. The van der Waals surface area contributed by atoms with Crippen molar-refractivity contribution in [2.45, 2.75) is 72.4 Å². The van der Waals surface area contributed by atoms with E-state index >= 15 is 0 Å². The number of hydrogen-bond acceptors (Lipinski definition) is 7. The van der Waals surface area contributed by atoms with Crippen molar-refractivity contribution in [1.82, 2.24) is 30.0 Å². The van der Waals surface area contributed by atoms with Crippen molar-refractivity contribution in [2.24, 2.45) is 5.11 Å². The Hall–Kier alpha value is -3.59. The summed E-state index contributed by atoms with van der Waals surface area (Å²) in [6.45, 7) is 13.0. The Morgan fingerprint density at radius 3 is 1.69 bits per heavy atom. The number of hydrogen-bond donors (Lipinski definition) is 0. The Balaban J connectivity index is 1.72. The first-order valence-corrected chi connectivity index (χ1v) is 10.3. The standard InChI is InChI=1S/C21H29N9O2/c1-20(2,3)29-11-16(24-27-29)13-31-18-7-15(10-23-26-22)8-19(9-18)32-14-17-12-30(28-25-17)21(4,5)6/h7-9,11-12H,10,13-14H2,1-6H3. The van der Waals surface area contributed by atoms with Gasteiger partial charge in [-0.25, -0.2) is 9.36 Å². The van der Waals surface area contributed by atoms with Gasteiger partial charge in [0, 0.05) is 11.0 Å². The summed E-state index contributed by atoms with van der Waals surface area (Å²) < 4.78 is 15.4. The maximum Gasteiger partial charge on any atom is 0.134 e. The molecule has 11 heteroatoms. The van der Waals surface area contributed by atoms with E-state index < -0.39 is 0 Å². The van der Waals surface area contributed by atoms with Crippen molar-refractivity contribution in [1.29, 1.82) is 0 Å². The van der Waals surface area contributed by atoms with Crippen LogP contribution in [0.1, 0.15) is 58.5 Å². The zero-order chi connectivity index (χ0) is 23.4. The van der Waals surface area contributed by atoms with E-state index in [1.165, 1.54) is 0 Å². The monoisotopic (exact) mass is 439 g/mol. The highest BCUT2D eigenvalue weighted by molar-refractivity contribution is 5.38. The molecule has 0 amide bonds. The second kappa shape index (κ2) is 9.27. The number of aromatic nitrogens is 6. The van der Waals surface area contributed by atoms with Crippen molar-refractivity contribution in [3.63, 3.8) is 0 Å². The van der Waals surface area contributed by atoms with E-state index in [2.05, 4.69) is 72.2 Å². The molecule has 3 rings (SSSR count). The zero-order valence-electron chi connectivity index (χ0n) is 19.3. The van der Waals surface area contributed by atoms with Crippen LogP contribution < -0.4 is 9.47 Å². The van der Waals surface area contributed by atoms with E-state index in [1.807, 2.05) is 24.5 Å². The van der Waals surface area contributed by atoms with Crippen LogP contribution in [0.3, 0.4) is 0 Å². The molecule has 0 spiro atoms. The van der Waals surface area contributed by atoms with E-state index in [4.69, 9.17) is 15.0 Å². The smallest absolute Gasteiger partial charge is 0.134 e. The molecule has 2 heterocycles. The fourth-order valence-corrected chi connectivity index (χ4v) is 2.70. The van der Waals surface area contributed by atoms with Crippen LogP contribution in [-0.2, 0) is 30.8 Å². The fourth-order valence-electron chi connectivity index (χ4n) is 2.70. The van der Waals surface area contributed by atoms with Gasteiger partial charge in [-0.3, -0.25) is 0 Å². The SMILES string of the molecule is CC(C)(C)n1cc(COc2cc(CN=[N+]=[N-])cc(OCc3cn(C(C)(C)C)nn3)c2)nn1. The van der Waals surface area contributed by atoms with Crippen LogP contribution in [0.15, 0.2) is 35.7 Å². The Kier molecular flexibility index (Phi) is 6.69. The van der Waals surface area contributed by atoms with Gasteiger partial charge in [-0.1, -0.05) is 15.5 Å². The van der Waals surface area contributed by atoms with Gasteiger partial charge in [0.1, 0.15) is 36.1 Å². The summed E-state index contributed by atoms with van der Waals surface area (Å²) in [5.41, 5.74) is 10.5. The van der Waals surface area contributed by atoms with E-state index in [0.29, 0.717) is 22.9 Å².